The van der Waals surface area contributed by atoms with Gasteiger partial charge in [-0.1, -0.05) is 18.9 Å². The number of aromatic nitrogens is 4. The van der Waals surface area contributed by atoms with E-state index in [0.717, 1.165) is 37.1 Å². The van der Waals surface area contributed by atoms with Crippen molar-refractivity contribution < 1.29 is 13.2 Å². The fraction of sp³-hybridized carbons (Fsp3) is 0.429. The first kappa shape index (κ1) is 21.4. The fourth-order valence-electron chi connectivity index (χ4n) is 3.83. The van der Waals surface area contributed by atoms with Gasteiger partial charge in [0.05, 0.1) is 4.90 Å². The Balaban J connectivity index is 1.61. The van der Waals surface area contributed by atoms with E-state index >= 15 is 0 Å². The monoisotopic (exact) mass is 442 g/mol. The molecule has 1 saturated heterocycles. The molecule has 10 heteroatoms. The van der Waals surface area contributed by atoms with Crippen LogP contribution >= 0.6 is 0 Å². The number of amides is 1. The standard InChI is InChI=1S/C21H26N6O3S/c1-14-8-9-17(13-18(14)31(29,30)26-10-6-4-5-7-11-26)23-20(28)19-24-21-22-15(2)12-16(3)27(21)25-19/h8-9,12-13H,4-7,10-11H2,1-3H3,(H,23,28). The van der Waals surface area contributed by atoms with Crippen molar-refractivity contribution in [3.05, 3.63) is 47.0 Å². The summed E-state index contributed by atoms with van der Waals surface area (Å²) in [6.07, 6.45) is 3.81. The van der Waals surface area contributed by atoms with E-state index < -0.39 is 15.9 Å². The second-order valence-electron chi connectivity index (χ2n) is 7.94. The minimum Gasteiger partial charge on any atom is -0.319 e. The normalized spacial score (nSPS) is 15.7. The van der Waals surface area contributed by atoms with E-state index in [1.165, 1.54) is 10.6 Å². The highest BCUT2D eigenvalue weighted by Gasteiger charge is 2.27. The van der Waals surface area contributed by atoms with Crippen LogP contribution in [-0.2, 0) is 10.0 Å². The molecule has 1 aliphatic rings. The van der Waals surface area contributed by atoms with Crippen LogP contribution in [0.4, 0.5) is 5.69 Å². The van der Waals surface area contributed by atoms with Crippen molar-refractivity contribution in [2.24, 2.45) is 0 Å². The number of anilines is 1. The van der Waals surface area contributed by atoms with Crippen LogP contribution in [0.15, 0.2) is 29.2 Å². The summed E-state index contributed by atoms with van der Waals surface area (Å²) in [4.78, 5) is 21.4. The molecule has 31 heavy (non-hydrogen) atoms. The van der Waals surface area contributed by atoms with Crippen molar-refractivity contribution in [3.63, 3.8) is 0 Å². The molecule has 0 bridgehead atoms. The van der Waals surface area contributed by atoms with E-state index in [1.54, 1.807) is 23.4 Å². The largest absolute Gasteiger partial charge is 0.319 e. The summed E-state index contributed by atoms with van der Waals surface area (Å²) in [5.41, 5.74) is 2.62. The van der Waals surface area contributed by atoms with Gasteiger partial charge in [-0.15, -0.1) is 5.10 Å². The van der Waals surface area contributed by atoms with E-state index in [-0.39, 0.29) is 10.7 Å². The zero-order chi connectivity index (χ0) is 22.2. The molecular formula is C21H26N6O3S. The third kappa shape index (κ3) is 4.31. The van der Waals surface area contributed by atoms with Gasteiger partial charge in [0, 0.05) is 30.2 Å². The number of sulfonamides is 1. The van der Waals surface area contributed by atoms with Crippen LogP contribution in [0.25, 0.3) is 5.78 Å². The molecule has 1 fully saturated rings. The van der Waals surface area contributed by atoms with Crippen LogP contribution in [0, 0.1) is 20.8 Å². The molecule has 3 aromatic rings. The molecule has 3 heterocycles. The zero-order valence-corrected chi connectivity index (χ0v) is 18.7. The number of nitrogens with one attached hydrogen (secondary N) is 1. The molecule has 0 aliphatic carbocycles. The maximum Gasteiger partial charge on any atom is 0.295 e. The summed E-state index contributed by atoms with van der Waals surface area (Å²) < 4.78 is 29.5. The van der Waals surface area contributed by atoms with Crippen LogP contribution in [0.1, 0.15) is 53.3 Å². The number of fused-ring (bicyclic) bond motifs is 1. The van der Waals surface area contributed by atoms with Crippen molar-refractivity contribution in [2.45, 2.75) is 51.3 Å². The zero-order valence-electron chi connectivity index (χ0n) is 17.9. The number of aryl methyl sites for hydroxylation is 3. The molecule has 0 spiro atoms. The van der Waals surface area contributed by atoms with Gasteiger partial charge in [-0.05, 0) is 57.4 Å². The highest BCUT2D eigenvalue weighted by Crippen LogP contribution is 2.26. The summed E-state index contributed by atoms with van der Waals surface area (Å²) in [6.45, 7) is 6.51. The van der Waals surface area contributed by atoms with Gasteiger partial charge in [-0.3, -0.25) is 4.79 Å². The van der Waals surface area contributed by atoms with Gasteiger partial charge >= 0.3 is 0 Å². The van der Waals surface area contributed by atoms with Crippen LogP contribution in [-0.4, -0.2) is 51.3 Å². The van der Waals surface area contributed by atoms with E-state index in [9.17, 15) is 13.2 Å². The SMILES string of the molecule is Cc1cc(C)n2nc(C(=O)Nc3ccc(C)c(S(=O)(=O)N4CCCCCC4)c3)nc2n1. The number of nitrogens with zero attached hydrogens (tertiary/aromatic N) is 5. The lowest BCUT2D eigenvalue weighted by molar-refractivity contribution is 0.101. The van der Waals surface area contributed by atoms with Crippen LogP contribution in [0.5, 0.6) is 0 Å². The first-order valence-corrected chi connectivity index (χ1v) is 11.8. The smallest absolute Gasteiger partial charge is 0.295 e. The number of rotatable bonds is 4. The van der Waals surface area contributed by atoms with Crippen LogP contribution in [0.2, 0.25) is 0 Å². The first-order chi connectivity index (χ1) is 14.8. The van der Waals surface area contributed by atoms with Gasteiger partial charge in [0.1, 0.15) is 0 Å². The van der Waals surface area contributed by atoms with E-state index in [0.29, 0.717) is 30.1 Å². The van der Waals surface area contributed by atoms with E-state index in [4.69, 9.17) is 0 Å². The molecular weight excluding hydrogens is 416 g/mol. The Kier molecular flexibility index (Phi) is 5.76. The molecule has 164 valence electrons. The third-order valence-corrected chi connectivity index (χ3v) is 7.49. The molecule has 0 saturated carbocycles. The predicted molar refractivity (Wildman–Crippen MR) is 117 cm³/mol. The fourth-order valence-corrected chi connectivity index (χ4v) is 5.59. The lowest BCUT2D eigenvalue weighted by Gasteiger charge is -2.21. The highest BCUT2D eigenvalue weighted by atomic mass is 32.2. The van der Waals surface area contributed by atoms with Gasteiger partial charge in [0.15, 0.2) is 0 Å². The van der Waals surface area contributed by atoms with Gasteiger partial charge in [-0.2, -0.15) is 9.29 Å². The number of hydrogen-bond acceptors (Lipinski definition) is 6. The molecule has 1 aromatic carbocycles. The predicted octanol–water partition coefficient (Wildman–Crippen LogP) is 2.87. The molecule has 0 radical (unpaired) electrons. The Hall–Kier alpha value is -2.85. The Morgan fingerprint density at radius 2 is 1.71 bits per heavy atom. The molecule has 2 aromatic heterocycles. The molecule has 4 rings (SSSR count). The van der Waals surface area contributed by atoms with Crippen molar-refractivity contribution >= 4 is 27.4 Å². The number of carbonyl (C=O) groups excluding carboxylic acids is 1. The van der Waals surface area contributed by atoms with Crippen molar-refractivity contribution in [2.75, 3.05) is 18.4 Å². The lowest BCUT2D eigenvalue weighted by Crippen LogP contribution is -2.32. The van der Waals surface area contributed by atoms with Gasteiger partial charge < -0.3 is 5.32 Å². The van der Waals surface area contributed by atoms with E-state index in [1.807, 2.05) is 19.9 Å². The van der Waals surface area contributed by atoms with Crippen molar-refractivity contribution in [1.82, 2.24) is 23.9 Å². The minimum absolute atomic E-state index is 0.0290. The molecule has 9 nitrogen and oxygen atoms in total. The number of benzene rings is 1. The summed E-state index contributed by atoms with van der Waals surface area (Å²) in [5, 5.41) is 6.95. The van der Waals surface area contributed by atoms with E-state index in [2.05, 4.69) is 20.4 Å². The molecule has 1 amide bonds. The van der Waals surface area contributed by atoms with Gasteiger partial charge in [-0.25, -0.2) is 17.9 Å². The highest BCUT2D eigenvalue weighted by molar-refractivity contribution is 7.89. The van der Waals surface area contributed by atoms with Crippen LogP contribution in [0.3, 0.4) is 0 Å². The molecule has 1 N–H and O–H groups in total. The Bertz CT molecular complexity index is 1240. The van der Waals surface area contributed by atoms with Gasteiger partial charge in [0.25, 0.3) is 11.7 Å². The van der Waals surface area contributed by atoms with Crippen LogP contribution < -0.4 is 5.32 Å². The summed E-state index contributed by atoms with van der Waals surface area (Å²) in [6, 6.07) is 6.74. The second-order valence-corrected chi connectivity index (χ2v) is 9.85. The number of carbonyl (C=O) groups is 1. The molecule has 0 unspecified atom stereocenters. The quantitative estimate of drug-likeness (QED) is 0.665. The topological polar surface area (TPSA) is 110 Å². The average Bonchev–Trinajstić information content (AvgIpc) is 2.95. The first-order valence-electron chi connectivity index (χ1n) is 10.4. The third-order valence-electron chi connectivity index (χ3n) is 5.45. The number of hydrogen-bond donors (Lipinski definition) is 1. The second kappa shape index (κ2) is 8.35. The Morgan fingerprint density at radius 3 is 2.42 bits per heavy atom. The van der Waals surface area contributed by atoms with Crippen molar-refractivity contribution in [3.8, 4) is 0 Å². The maximum atomic E-state index is 13.2. The summed E-state index contributed by atoms with van der Waals surface area (Å²) in [5.74, 6) is -0.209. The lowest BCUT2D eigenvalue weighted by atomic mass is 10.2. The summed E-state index contributed by atoms with van der Waals surface area (Å²) >= 11 is 0. The Labute approximate surface area is 181 Å². The average molecular weight is 443 g/mol. The van der Waals surface area contributed by atoms with Crippen molar-refractivity contribution in [1.29, 1.82) is 0 Å². The van der Waals surface area contributed by atoms with Gasteiger partial charge in [0.2, 0.25) is 15.8 Å². The minimum atomic E-state index is -3.63. The summed E-state index contributed by atoms with van der Waals surface area (Å²) in [7, 11) is -3.63. The molecule has 1 aliphatic heterocycles. The molecule has 0 atom stereocenters. The maximum absolute atomic E-state index is 13.2. The Morgan fingerprint density at radius 1 is 1.00 bits per heavy atom.